The summed E-state index contributed by atoms with van der Waals surface area (Å²) in [6.07, 6.45) is 6.92. The molecule has 1 aromatic rings. The van der Waals surface area contributed by atoms with E-state index in [-0.39, 0.29) is 18.3 Å². The second-order valence-corrected chi connectivity index (χ2v) is 4.43. The Kier molecular flexibility index (Phi) is 9.38. The monoisotopic (exact) mass is 299 g/mol. The number of hydrogen-bond donors (Lipinski definition) is 1. The van der Waals surface area contributed by atoms with Crippen molar-refractivity contribution in [2.45, 2.75) is 33.2 Å². The third-order valence-electron chi connectivity index (χ3n) is 2.78. The molecular formula is C14H22ClN3O2. The van der Waals surface area contributed by atoms with Crippen molar-refractivity contribution in [3.05, 3.63) is 30.1 Å². The fourth-order valence-electron chi connectivity index (χ4n) is 1.88. The fraction of sp³-hybridized carbons (Fsp3) is 0.500. The van der Waals surface area contributed by atoms with Gasteiger partial charge < -0.3 is 22.5 Å². The predicted molar refractivity (Wildman–Crippen MR) is 73.2 cm³/mol. The molecule has 5 nitrogen and oxygen atoms in total. The highest BCUT2D eigenvalue weighted by Crippen LogP contribution is 1.96. The van der Waals surface area contributed by atoms with E-state index < -0.39 is 0 Å². The van der Waals surface area contributed by atoms with Crippen LogP contribution in [0.4, 0.5) is 0 Å². The highest BCUT2D eigenvalue weighted by Gasteiger charge is 2.16. The van der Waals surface area contributed by atoms with Crippen molar-refractivity contribution in [3.63, 3.8) is 0 Å². The number of nitrogens with zero attached hydrogens (tertiary/aromatic N) is 3. The molecule has 112 valence electrons. The zero-order valence-electron chi connectivity index (χ0n) is 12.0. The van der Waals surface area contributed by atoms with E-state index >= 15 is 0 Å². The maximum absolute atomic E-state index is 12.1. The van der Waals surface area contributed by atoms with Gasteiger partial charge in [0.1, 0.15) is 0 Å². The molecule has 0 unspecified atom stereocenters. The van der Waals surface area contributed by atoms with Gasteiger partial charge in [0.25, 0.3) is 5.91 Å². The summed E-state index contributed by atoms with van der Waals surface area (Å²) < 4.78 is 1.83. The Morgan fingerprint density at radius 2 is 1.85 bits per heavy atom. The van der Waals surface area contributed by atoms with Gasteiger partial charge >= 0.3 is 0 Å². The summed E-state index contributed by atoms with van der Waals surface area (Å²) in [7, 11) is 0. The Morgan fingerprint density at radius 1 is 1.30 bits per heavy atom. The van der Waals surface area contributed by atoms with Crippen LogP contribution in [0.5, 0.6) is 0 Å². The number of amides is 1. The highest BCUT2D eigenvalue weighted by molar-refractivity contribution is 5.78. The van der Waals surface area contributed by atoms with Gasteiger partial charge in [-0.25, -0.2) is 0 Å². The standard InChI is InChI=1S/C14H21N3O2.ClH/c1-3-7-17(8-4-2)14(18)12-16-9-5-13(6-10-16)11-15-19;/h5-6,9-11H,3-4,7-8,12H2,1-2H3;1H. The Morgan fingerprint density at radius 3 is 2.30 bits per heavy atom. The molecule has 1 amide bonds. The zero-order chi connectivity index (χ0) is 14.1. The molecule has 0 atom stereocenters. The van der Waals surface area contributed by atoms with Crippen LogP contribution >= 0.6 is 0 Å². The van der Waals surface area contributed by atoms with Gasteiger partial charge in [-0.15, -0.1) is 0 Å². The number of aromatic nitrogens is 1. The van der Waals surface area contributed by atoms with E-state index in [0.717, 1.165) is 31.5 Å². The van der Waals surface area contributed by atoms with Crippen LogP contribution in [0, 0.1) is 0 Å². The largest absolute Gasteiger partial charge is 1.00 e. The van der Waals surface area contributed by atoms with Crippen LogP contribution < -0.4 is 17.0 Å². The quantitative estimate of drug-likeness (QED) is 0.286. The first-order valence-electron chi connectivity index (χ1n) is 6.65. The van der Waals surface area contributed by atoms with E-state index in [1.54, 1.807) is 12.1 Å². The van der Waals surface area contributed by atoms with Gasteiger partial charge in [0.15, 0.2) is 12.4 Å². The van der Waals surface area contributed by atoms with Crippen LogP contribution in [-0.2, 0) is 11.3 Å². The zero-order valence-corrected chi connectivity index (χ0v) is 12.8. The Labute approximate surface area is 126 Å². The molecular weight excluding hydrogens is 278 g/mol. The van der Waals surface area contributed by atoms with Gasteiger partial charge in [0.2, 0.25) is 6.54 Å². The summed E-state index contributed by atoms with van der Waals surface area (Å²) in [5.41, 5.74) is 0.796. The number of rotatable bonds is 7. The van der Waals surface area contributed by atoms with Crippen LogP contribution in [0.25, 0.3) is 0 Å². The lowest BCUT2D eigenvalue weighted by Crippen LogP contribution is -3.00. The van der Waals surface area contributed by atoms with Gasteiger partial charge in [-0.3, -0.25) is 4.79 Å². The molecule has 1 heterocycles. The fourth-order valence-corrected chi connectivity index (χ4v) is 1.88. The molecule has 0 aliphatic carbocycles. The van der Waals surface area contributed by atoms with Crippen LogP contribution in [0.3, 0.4) is 0 Å². The lowest BCUT2D eigenvalue weighted by Gasteiger charge is -2.19. The first kappa shape index (κ1) is 18.4. The topological polar surface area (TPSA) is 56.8 Å². The molecule has 0 aliphatic rings. The average molecular weight is 300 g/mol. The van der Waals surface area contributed by atoms with E-state index in [9.17, 15) is 4.79 Å². The molecule has 0 saturated carbocycles. The van der Waals surface area contributed by atoms with Crippen molar-refractivity contribution in [1.82, 2.24) is 4.90 Å². The number of hydrogen-bond acceptors (Lipinski definition) is 3. The van der Waals surface area contributed by atoms with Crippen molar-refractivity contribution < 1.29 is 27.0 Å². The minimum atomic E-state index is 0. The molecule has 20 heavy (non-hydrogen) atoms. The predicted octanol–water partition coefficient (Wildman–Crippen LogP) is -1.57. The number of carbonyl (C=O) groups excluding carboxylic acids is 1. The first-order valence-corrected chi connectivity index (χ1v) is 6.65. The van der Waals surface area contributed by atoms with E-state index in [1.165, 1.54) is 6.21 Å². The van der Waals surface area contributed by atoms with Crippen molar-refractivity contribution in [2.24, 2.45) is 5.16 Å². The van der Waals surface area contributed by atoms with Gasteiger partial charge in [0.05, 0.1) is 6.21 Å². The van der Waals surface area contributed by atoms with E-state index in [4.69, 9.17) is 5.21 Å². The van der Waals surface area contributed by atoms with Gasteiger partial charge in [0, 0.05) is 30.8 Å². The maximum atomic E-state index is 12.1. The lowest BCUT2D eigenvalue weighted by atomic mass is 10.3. The smallest absolute Gasteiger partial charge is 0.288 e. The summed E-state index contributed by atoms with van der Waals surface area (Å²) in [5.74, 6) is 0.136. The number of halogens is 1. The molecule has 0 spiro atoms. The molecule has 0 bridgehead atoms. The van der Waals surface area contributed by atoms with Crippen LogP contribution in [0.1, 0.15) is 32.3 Å². The first-order chi connectivity index (χ1) is 9.21. The second kappa shape index (κ2) is 10.2. The maximum Gasteiger partial charge on any atom is 0.288 e. The van der Waals surface area contributed by atoms with Crippen LogP contribution in [-0.4, -0.2) is 35.3 Å². The minimum absolute atomic E-state index is 0. The second-order valence-electron chi connectivity index (χ2n) is 4.43. The van der Waals surface area contributed by atoms with Crippen molar-refractivity contribution in [2.75, 3.05) is 13.1 Å². The van der Waals surface area contributed by atoms with Crippen molar-refractivity contribution >= 4 is 12.1 Å². The summed E-state index contributed by atoms with van der Waals surface area (Å²) in [4.78, 5) is 14.0. The number of oxime groups is 1. The molecule has 0 saturated heterocycles. The Bertz CT molecular complexity index is 415. The molecule has 0 fully saturated rings. The number of pyridine rings is 1. The normalized spacial score (nSPS) is 10.3. The molecule has 6 heteroatoms. The van der Waals surface area contributed by atoms with E-state index in [0.29, 0.717) is 6.54 Å². The molecule has 0 aliphatic heterocycles. The van der Waals surface area contributed by atoms with Crippen LogP contribution in [0.15, 0.2) is 29.7 Å². The SMILES string of the molecule is CCCN(CCC)C(=O)C[n+]1ccc(/C=N/O)cc1.[Cl-]. The van der Waals surface area contributed by atoms with Crippen molar-refractivity contribution in [3.8, 4) is 0 Å². The molecule has 0 radical (unpaired) electrons. The Hall–Kier alpha value is -1.62. The average Bonchev–Trinajstić information content (AvgIpc) is 2.41. The Balaban J connectivity index is 0.00000361. The summed E-state index contributed by atoms with van der Waals surface area (Å²) in [5, 5.41) is 11.4. The van der Waals surface area contributed by atoms with Gasteiger partial charge in [-0.1, -0.05) is 19.0 Å². The van der Waals surface area contributed by atoms with E-state index in [1.807, 2.05) is 21.9 Å². The summed E-state index contributed by atoms with van der Waals surface area (Å²) in [6, 6.07) is 3.61. The van der Waals surface area contributed by atoms with Gasteiger partial charge in [-0.05, 0) is 12.8 Å². The molecule has 0 aromatic carbocycles. The molecule has 1 aromatic heterocycles. The minimum Gasteiger partial charge on any atom is -1.00 e. The van der Waals surface area contributed by atoms with Gasteiger partial charge in [-0.2, -0.15) is 4.57 Å². The van der Waals surface area contributed by atoms with Crippen LogP contribution in [0.2, 0.25) is 0 Å². The number of carbonyl (C=O) groups is 1. The third-order valence-corrected chi connectivity index (χ3v) is 2.78. The summed E-state index contributed by atoms with van der Waals surface area (Å²) in [6.45, 7) is 6.11. The van der Waals surface area contributed by atoms with E-state index in [2.05, 4.69) is 19.0 Å². The third kappa shape index (κ3) is 6.02. The summed E-state index contributed by atoms with van der Waals surface area (Å²) >= 11 is 0. The van der Waals surface area contributed by atoms with Crippen molar-refractivity contribution in [1.29, 1.82) is 0 Å². The molecule has 1 N–H and O–H groups in total. The highest BCUT2D eigenvalue weighted by atomic mass is 35.5. The molecule has 1 rings (SSSR count). The lowest BCUT2D eigenvalue weighted by molar-refractivity contribution is -0.685.